The number of hydrogen-bond acceptors (Lipinski definition) is 3. The summed E-state index contributed by atoms with van der Waals surface area (Å²) in [6, 6.07) is 4.52. The minimum Gasteiger partial charge on any atom is -0.389 e. The zero-order valence-corrected chi connectivity index (χ0v) is 9.33. The average molecular weight is 236 g/mol. The molecule has 1 aromatic carbocycles. The summed E-state index contributed by atoms with van der Waals surface area (Å²) in [5.74, 6) is 0.181. The molecule has 4 nitrogen and oxygen atoms in total. The van der Waals surface area contributed by atoms with Gasteiger partial charge >= 0.3 is 0 Å². The maximum absolute atomic E-state index is 13.7. The first kappa shape index (κ1) is 10.7. The van der Waals surface area contributed by atoms with E-state index in [0.717, 1.165) is 0 Å². The van der Waals surface area contributed by atoms with E-state index in [1.165, 1.54) is 17.1 Å². The second kappa shape index (κ2) is 3.97. The monoisotopic (exact) mass is 236 g/mol. The van der Waals surface area contributed by atoms with Crippen molar-refractivity contribution in [3.05, 3.63) is 41.7 Å². The molecule has 2 N–H and O–H groups in total. The van der Waals surface area contributed by atoms with Crippen molar-refractivity contribution in [3.8, 4) is 5.69 Å². The highest BCUT2D eigenvalue weighted by atomic mass is 32.1. The minimum atomic E-state index is -0.432. The molecule has 0 amide bonds. The number of rotatable bonds is 2. The van der Waals surface area contributed by atoms with Gasteiger partial charge in [-0.25, -0.2) is 14.1 Å². The molecule has 0 saturated carbocycles. The van der Waals surface area contributed by atoms with Crippen molar-refractivity contribution in [1.82, 2.24) is 14.8 Å². The van der Waals surface area contributed by atoms with Gasteiger partial charge in [0.25, 0.3) is 0 Å². The van der Waals surface area contributed by atoms with Crippen LogP contribution in [0.25, 0.3) is 5.69 Å². The van der Waals surface area contributed by atoms with Gasteiger partial charge in [-0.1, -0.05) is 12.2 Å². The molecule has 0 saturated heterocycles. The van der Waals surface area contributed by atoms with Gasteiger partial charge in [-0.3, -0.25) is 0 Å². The molecular formula is C10H9FN4S. The van der Waals surface area contributed by atoms with Crippen LogP contribution in [0.5, 0.6) is 0 Å². The molecule has 0 aliphatic carbocycles. The fraction of sp³-hybridized carbons (Fsp3) is 0.100. The van der Waals surface area contributed by atoms with E-state index in [1.807, 2.05) is 0 Å². The van der Waals surface area contributed by atoms with E-state index in [9.17, 15) is 4.39 Å². The van der Waals surface area contributed by atoms with Gasteiger partial charge in [0, 0.05) is 5.56 Å². The lowest BCUT2D eigenvalue weighted by atomic mass is 10.2. The number of thiocarbonyl (C=S) groups is 1. The summed E-state index contributed by atoms with van der Waals surface area (Å²) < 4.78 is 15.2. The summed E-state index contributed by atoms with van der Waals surface area (Å²) in [5, 5.41) is 3.92. The molecule has 0 unspecified atom stereocenters. The topological polar surface area (TPSA) is 56.7 Å². The Labute approximate surface area is 96.9 Å². The molecule has 16 heavy (non-hydrogen) atoms. The van der Waals surface area contributed by atoms with Crippen LogP contribution in [0.3, 0.4) is 0 Å². The second-order valence-corrected chi connectivity index (χ2v) is 3.69. The Morgan fingerprint density at radius 2 is 2.25 bits per heavy atom. The summed E-state index contributed by atoms with van der Waals surface area (Å²) in [4.78, 5) is 4.09. The van der Waals surface area contributed by atoms with E-state index in [2.05, 4.69) is 10.1 Å². The molecule has 2 rings (SSSR count). The average Bonchev–Trinajstić information content (AvgIpc) is 2.64. The lowest BCUT2D eigenvalue weighted by Crippen LogP contribution is -2.11. The van der Waals surface area contributed by atoms with Gasteiger partial charge in [0.2, 0.25) is 0 Å². The number of aromatic nitrogens is 3. The summed E-state index contributed by atoms with van der Waals surface area (Å²) in [6.07, 6.45) is 1.37. The van der Waals surface area contributed by atoms with Gasteiger partial charge in [0.1, 0.15) is 28.6 Å². The predicted molar refractivity (Wildman–Crippen MR) is 61.9 cm³/mol. The lowest BCUT2D eigenvalue weighted by molar-refractivity contribution is 0.608. The smallest absolute Gasteiger partial charge is 0.149 e. The highest BCUT2D eigenvalue weighted by Crippen LogP contribution is 2.15. The number of halogens is 1. The second-order valence-electron chi connectivity index (χ2n) is 3.25. The third-order valence-electron chi connectivity index (χ3n) is 2.18. The Morgan fingerprint density at radius 1 is 1.50 bits per heavy atom. The molecule has 6 heteroatoms. The first-order valence-electron chi connectivity index (χ1n) is 4.56. The SMILES string of the molecule is Cc1ncnn1-c1ccc(C(N)=S)cc1F. The molecule has 0 atom stereocenters. The van der Waals surface area contributed by atoms with Gasteiger partial charge in [0.15, 0.2) is 0 Å². The first-order chi connectivity index (χ1) is 7.59. The predicted octanol–water partition coefficient (Wildman–Crippen LogP) is 1.35. The lowest BCUT2D eigenvalue weighted by Gasteiger charge is -2.06. The summed E-state index contributed by atoms with van der Waals surface area (Å²) in [6.45, 7) is 1.74. The molecule has 0 radical (unpaired) electrons. The number of hydrogen-bond donors (Lipinski definition) is 1. The Balaban J connectivity index is 2.52. The van der Waals surface area contributed by atoms with Crippen LogP contribution in [0.15, 0.2) is 24.5 Å². The van der Waals surface area contributed by atoms with Crippen LogP contribution >= 0.6 is 12.2 Å². The van der Waals surface area contributed by atoms with Crippen LogP contribution in [0.1, 0.15) is 11.4 Å². The Bertz CT molecular complexity index is 550. The van der Waals surface area contributed by atoms with Crippen LogP contribution in [0.2, 0.25) is 0 Å². The molecular weight excluding hydrogens is 227 g/mol. The zero-order valence-electron chi connectivity index (χ0n) is 8.51. The van der Waals surface area contributed by atoms with Crippen LogP contribution in [0.4, 0.5) is 4.39 Å². The van der Waals surface area contributed by atoms with E-state index in [1.54, 1.807) is 19.1 Å². The Kier molecular flexibility index (Phi) is 2.66. The fourth-order valence-corrected chi connectivity index (χ4v) is 1.49. The van der Waals surface area contributed by atoms with E-state index in [4.69, 9.17) is 18.0 Å². The Morgan fingerprint density at radius 3 is 2.75 bits per heavy atom. The van der Waals surface area contributed by atoms with Crippen LogP contribution < -0.4 is 5.73 Å². The van der Waals surface area contributed by atoms with Crippen LogP contribution in [-0.2, 0) is 0 Å². The summed E-state index contributed by atoms with van der Waals surface area (Å²) in [5.41, 5.74) is 6.23. The largest absolute Gasteiger partial charge is 0.389 e. The van der Waals surface area contributed by atoms with E-state index < -0.39 is 5.82 Å². The van der Waals surface area contributed by atoms with Crippen LogP contribution in [0, 0.1) is 12.7 Å². The summed E-state index contributed by atoms with van der Waals surface area (Å²) in [7, 11) is 0. The van der Waals surface area contributed by atoms with Gasteiger partial charge in [-0.2, -0.15) is 5.10 Å². The molecule has 0 aliphatic heterocycles. The minimum absolute atomic E-state index is 0.167. The zero-order chi connectivity index (χ0) is 11.7. The van der Waals surface area contributed by atoms with Crippen molar-refractivity contribution >= 4 is 17.2 Å². The van der Waals surface area contributed by atoms with Crippen molar-refractivity contribution in [2.45, 2.75) is 6.92 Å². The van der Waals surface area contributed by atoms with Gasteiger partial charge in [-0.15, -0.1) is 0 Å². The molecule has 82 valence electrons. The molecule has 0 aliphatic rings. The highest BCUT2D eigenvalue weighted by molar-refractivity contribution is 7.80. The Hall–Kier alpha value is -1.82. The third-order valence-corrected chi connectivity index (χ3v) is 2.41. The number of aryl methyl sites for hydroxylation is 1. The van der Waals surface area contributed by atoms with Crippen molar-refractivity contribution in [3.63, 3.8) is 0 Å². The van der Waals surface area contributed by atoms with Gasteiger partial charge in [-0.05, 0) is 25.1 Å². The number of nitrogens with two attached hydrogens (primary N) is 1. The highest BCUT2D eigenvalue weighted by Gasteiger charge is 2.09. The molecule has 0 spiro atoms. The first-order valence-corrected chi connectivity index (χ1v) is 4.97. The van der Waals surface area contributed by atoms with Crippen molar-refractivity contribution < 1.29 is 4.39 Å². The van der Waals surface area contributed by atoms with Crippen LogP contribution in [-0.4, -0.2) is 19.8 Å². The molecule has 1 heterocycles. The van der Waals surface area contributed by atoms with Crippen molar-refractivity contribution in [1.29, 1.82) is 0 Å². The fourth-order valence-electron chi connectivity index (χ4n) is 1.37. The molecule has 2 aromatic rings. The van der Waals surface area contributed by atoms with E-state index >= 15 is 0 Å². The van der Waals surface area contributed by atoms with Crippen molar-refractivity contribution in [2.24, 2.45) is 5.73 Å². The maximum atomic E-state index is 13.7. The van der Waals surface area contributed by atoms with Gasteiger partial charge in [0.05, 0.1) is 0 Å². The van der Waals surface area contributed by atoms with Crippen molar-refractivity contribution in [2.75, 3.05) is 0 Å². The van der Waals surface area contributed by atoms with E-state index in [0.29, 0.717) is 17.1 Å². The number of nitrogens with zero attached hydrogens (tertiary/aromatic N) is 3. The third kappa shape index (κ3) is 1.79. The van der Waals surface area contributed by atoms with E-state index in [-0.39, 0.29) is 4.99 Å². The quantitative estimate of drug-likeness (QED) is 0.800. The molecule has 0 bridgehead atoms. The maximum Gasteiger partial charge on any atom is 0.149 e. The van der Waals surface area contributed by atoms with Gasteiger partial charge < -0.3 is 5.73 Å². The summed E-state index contributed by atoms with van der Waals surface area (Å²) >= 11 is 4.77. The number of benzene rings is 1. The molecule has 0 fully saturated rings. The standard InChI is InChI=1S/C10H9FN4S/c1-6-13-5-14-15(6)9-3-2-7(10(12)16)4-8(9)11/h2-5H,1H3,(H2,12,16). The molecule has 1 aromatic heterocycles. The normalized spacial score (nSPS) is 10.4.